The van der Waals surface area contributed by atoms with E-state index in [0.29, 0.717) is 12.0 Å². The molecular formula is C10H23N3. The van der Waals surface area contributed by atoms with Gasteiger partial charge in [0.25, 0.3) is 0 Å². The number of hydrazine groups is 1. The van der Waals surface area contributed by atoms with E-state index in [4.69, 9.17) is 11.6 Å². The topological polar surface area (TPSA) is 55.3 Å². The van der Waals surface area contributed by atoms with Crippen molar-refractivity contribution in [1.82, 2.24) is 5.01 Å². The van der Waals surface area contributed by atoms with Crippen LogP contribution in [0.2, 0.25) is 0 Å². The Morgan fingerprint density at radius 3 is 2.54 bits per heavy atom. The van der Waals surface area contributed by atoms with Crippen LogP contribution in [0, 0.1) is 11.3 Å². The van der Waals surface area contributed by atoms with Crippen LogP contribution in [-0.4, -0.2) is 24.1 Å². The lowest BCUT2D eigenvalue weighted by atomic mass is 9.71. The van der Waals surface area contributed by atoms with Gasteiger partial charge >= 0.3 is 0 Å². The summed E-state index contributed by atoms with van der Waals surface area (Å²) in [4.78, 5) is 0. The first-order chi connectivity index (χ1) is 6.03. The van der Waals surface area contributed by atoms with Crippen LogP contribution in [0.3, 0.4) is 0 Å². The number of hydrogen-bond acceptors (Lipinski definition) is 3. The molecular weight excluding hydrogens is 162 g/mol. The fraction of sp³-hybridized carbons (Fsp3) is 1.00. The molecule has 1 aliphatic rings. The Kier molecular flexibility index (Phi) is 3.33. The highest BCUT2D eigenvalue weighted by Gasteiger charge is 2.40. The molecule has 0 aromatic heterocycles. The third kappa shape index (κ3) is 2.03. The largest absolute Gasteiger partial charge is 0.327 e. The van der Waals surface area contributed by atoms with Gasteiger partial charge in [-0.15, -0.1) is 0 Å². The third-order valence-electron chi connectivity index (χ3n) is 3.68. The molecule has 1 aliphatic heterocycles. The van der Waals surface area contributed by atoms with Crippen molar-refractivity contribution >= 4 is 0 Å². The standard InChI is InChI=1S/C10H23N3/c1-4-8-6-13(12)7-10(3,5-2)9(8)11/h8-9H,4-7,11-12H2,1-3H3. The summed E-state index contributed by atoms with van der Waals surface area (Å²) in [6.45, 7) is 8.53. The highest BCUT2D eigenvalue weighted by Crippen LogP contribution is 2.34. The quantitative estimate of drug-likeness (QED) is 0.630. The van der Waals surface area contributed by atoms with Crippen LogP contribution in [0.1, 0.15) is 33.6 Å². The lowest BCUT2D eigenvalue weighted by molar-refractivity contribution is 0.0319. The Morgan fingerprint density at radius 2 is 2.08 bits per heavy atom. The minimum atomic E-state index is 0.202. The van der Waals surface area contributed by atoms with Crippen molar-refractivity contribution in [3.8, 4) is 0 Å². The molecule has 3 unspecified atom stereocenters. The normalized spacial score (nSPS) is 42.2. The van der Waals surface area contributed by atoms with E-state index in [-0.39, 0.29) is 5.41 Å². The molecule has 3 heteroatoms. The molecule has 0 aromatic rings. The van der Waals surface area contributed by atoms with Gasteiger partial charge in [-0.2, -0.15) is 0 Å². The molecule has 78 valence electrons. The zero-order valence-corrected chi connectivity index (χ0v) is 9.09. The van der Waals surface area contributed by atoms with Crippen molar-refractivity contribution in [3.05, 3.63) is 0 Å². The minimum absolute atomic E-state index is 0.202. The van der Waals surface area contributed by atoms with Crippen molar-refractivity contribution in [3.63, 3.8) is 0 Å². The van der Waals surface area contributed by atoms with E-state index in [1.807, 2.05) is 5.01 Å². The Bertz CT molecular complexity index is 172. The van der Waals surface area contributed by atoms with Crippen molar-refractivity contribution in [2.45, 2.75) is 39.7 Å². The second-order valence-corrected chi connectivity index (χ2v) is 4.63. The fourth-order valence-corrected chi connectivity index (χ4v) is 2.35. The van der Waals surface area contributed by atoms with Gasteiger partial charge in [-0.05, 0) is 17.8 Å². The molecule has 1 fully saturated rings. The fourth-order valence-electron chi connectivity index (χ4n) is 2.35. The van der Waals surface area contributed by atoms with Crippen LogP contribution in [0.25, 0.3) is 0 Å². The Hall–Kier alpha value is -0.120. The summed E-state index contributed by atoms with van der Waals surface area (Å²) in [5, 5.41) is 1.93. The highest BCUT2D eigenvalue weighted by molar-refractivity contribution is 4.95. The summed E-state index contributed by atoms with van der Waals surface area (Å²) >= 11 is 0. The van der Waals surface area contributed by atoms with Gasteiger partial charge < -0.3 is 5.73 Å². The SMILES string of the molecule is CCC1CN(N)CC(C)(CC)C1N. The predicted molar refractivity (Wildman–Crippen MR) is 55.9 cm³/mol. The molecule has 1 rings (SSSR count). The molecule has 0 saturated carbocycles. The van der Waals surface area contributed by atoms with E-state index >= 15 is 0 Å². The molecule has 3 atom stereocenters. The Morgan fingerprint density at radius 1 is 1.46 bits per heavy atom. The first kappa shape index (κ1) is 11.0. The summed E-state index contributed by atoms with van der Waals surface area (Å²) < 4.78 is 0. The van der Waals surface area contributed by atoms with Crippen LogP contribution in [0.15, 0.2) is 0 Å². The minimum Gasteiger partial charge on any atom is -0.327 e. The van der Waals surface area contributed by atoms with Crippen LogP contribution in [-0.2, 0) is 0 Å². The average Bonchev–Trinajstić information content (AvgIpc) is 2.11. The molecule has 4 N–H and O–H groups in total. The van der Waals surface area contributed by atoms with Crippen LogP contribution in [0.4, 0.5) is 0 Å². The summed E-state index contributed by atoms with van der Waals surface area (Å²) in [7, 11) is 0. The monoisotopic (exact) mass is 185 g/mol. The van der Waals surface area contributed by atoms with Gasteiger partial charge in [0.2, 0.25) is 0 Å². The number of piperidine rings is 1. The van der Waals surface area contributed by atoms with Crippen molar-refractivity contribution in [2.24, 2.45) is 22.9 Å². The van der Waals surface area contributed by atoms with Gasteiger partial charge in [-0.1, -0.05) is 27.2 Å². The molecule has 13 heavy (non-hydrogen) atoms. The van der Waals surface area contributed by atoms with E-state index in [0.717, 1.165) is 25.9 Å². The molecule has 0 radical (unpaired) electrons. The molecule has 1 heterocycles. The molecule has 0 aliphatic carbocycles. The van der Waals surface area contributed by atoms with Crippen LogP contribution in [0.5, 0.6) is 0 Å². The maximum Gasteiger partial charge on any atom is 0.0197 e. The van der Waals surface area contributed by atoms with Crippen molar-refractivity contribution in [2.75, 3.05) is 13.1 Å². The van der Waals surface area contributed by atoms with E-state index in [2.05, 4.69) is 20.8 Å². The molecule has 1 saturated heterocycles. The van der Waals surface area contributed by atoms with Crippen LogP contribution >= 0.6 is 0 Å². The van der Waals surface area contributed by atoms with Gasteiger partial charge in [0.15, 0.2) is 0 Å². The highest BCUT2D eigenvalue weighted by atomic mass is 15.4. The van der Waals surface area contributed by atoms with E-state index in [9.17, 15) is 0 Å². The summed E-state index contributed by atoms with van der Waals surface area (Å²) in [5.74, 6) is 6.45. The smallest absolute Gasteiger partial charge is 0.0197 e. The van der Waals surface area contributed by atoms with E-state index in [1.165, 1.54) is 0 Å². The number of rotatable bonds is 2. The Labute approximate surface area is 81.4 Å². The second-order valence-electron chi connectivity index (χ2n) is 4.63. The maximum absolute atomic E-state index is 6.26. The maximum atomic E-state index is 6.26. The zero-order chi connectivity index (χ0) is 10.1. The summed E-state index contributed by atoms with van der Waals surface area (Å²) in [5.41, 5.74) is 6.46. The first-order valence-electron chi connectivity index (χ1n) is 5.28. The van der Waals surface area contributed by atoms with E-state index < -0.39 is 0 Å². The van der Waals surface area contributed by atoms with Gasteiger partial charge in [0, 0.05) is 19.1 Å². The van der Waals surface area contributed by atoms with Gasteiger partial charge in [-0.25, -0.2) is 5.01 Å². The lowest BCUT2D eigenvalue weighted by Gasteiger charge is -2.47. The number of hydrogen-bond donors (Lipinski definition) is 2. The van der Waals surface area contributed by atoms with Gasteiger partial charge in [0.1, 0.15) is 0 Å². The lowest BCUT2D eigenvalue weighted by Crippen LogP contribution is -2.60. The van der Waals surface area contributed by atoms with Gasteiger partial charge in [0.05, 0.1) is 0 Å². The number of nitrogens with zero attached hydrogens (tertiary/aromatic N) is 1. The molecule has 0 bridgehead atoms. The van der Waals surface area contributed by atoms with Crippen molar-refractivity contribution < 1.29 is 0 Å². The van der Waals surface area contributed by atoms with Gasteiger partial charge in [-0.3, -0.25) is 5.84 Å². The average molecular weight is 185 g/mol. The Balaban J connectivity index is 2.74. The predicted octanol–water partition coefficient (Wildman–Crippen LogP) is 0.945. The third-order valence-corrected chi connectivity index (χ3v) is 3.68. The number of nitrogens with two attached hydrogens (primary N) is 2. The van der Waals surface area contributed by atoms with E-state index in [1.54, 1.807) is 0 Å². The summed E-state index contributed by atoms with van der Waals surface area (Å²) in [6.07, 6.45) is 2.24. The molecule has 0 aromatic carbocycles. The molecule has 3 nitrogen and oxygen atoms in total. The molecule has 0 amide bonds. The van der Waals surface area contributed by atoms with Crippen LogP contribution < -0.4 is 11.6 Å². The zero-order valence-electron chi connectivity index (χ0n) is 9.09. The second kappa shape index (κ2) is 3.95. The first-order valence-corrected chi connectivity index (χ1v) is 5.28. The molecule has 0 spiro atoms. The van der Waals surface area contributed by atoms with Crippen molar-refractivity contribution in [1.29, 1.82) is 0 Å². The summed E-state index contributed by atoms with van der Waals surface area (Å²) in [6, 6.07) is 0.308.